The van der Waals surface area contributed by atoms with Gasteiger partial charge < -0.3 is 0 Å². The molecule has 1 aromatic heterocycles. The Morgan fingerprint density at radius 3 is 2.65 bits per heavy atom. The highest BCUT2D eigenvalue weighted by molar-refractivity contribution is 7.14. The smallest absolute Gasteiger partial charge is 0.172 e. The van der Waals surface area contributed by atoms with E-state index in [-0.39, 0.29) is 5.41 Å². The summed E-state index contributed by atoms with van der Waals surface area (Å²) >= 11 is 1.74. The second-order valence-corrected chi connectivity index (χ2v) is 7.39. The monoisotopic (exact) mass is 250 g/mol. The van der Waals surface area contributed by atoms with Crippen molar-refractivity contribution in [2.45, 2.75) is 59.3 Å². The van der Waals surface area contributed by atoms with Crippen LogP contribution in [0.4, 0.5) is 0 Å². The van der Waals surface area contributed by atoms with Crippen molar-refractivity contribution in [1.82, 2.24) is 0 Å². The van der Waals surface area contributed by atoms with Gasteiger partial charge in [0.05, 0.1) is 4.88 Å². The SMILES string of the molecule is CC(C)(C)CCC(=O)c1cc2c(s1)CCCC2. The van der Waals surface area contributed by atoms with Gasteiger partial charge in [-0.15, -0.1) is 11.3 Å². The third-order valence-electron chi connectivity index (χ3n) is 3.37. The maximum Gasteiger partial charge on any atom is 0.172 e. The second-order valence-electron chi connectivity index (χ2n) is 6.25. The molecule has 0 saturated heterocycles. The summed E-state index contributed by atoms with van der Waals surface area (Å²) in [6.07, 6.45) is 6.63. The van der Waals surface area contributed by atoms with Crippen LogP contribution in [0.5, 0.6) is 0 Å². The molecule has 0 fully saturated rings. The first-order valence-electron chi connectivity index (χ1n) is 6.60. The summed E-state index contributed by atoms with van der Waals surface area (Å²) in [6.45, 7) is 6.58. The molecule has 1 nitrogen and oxygen atoms in total. The molecule has 17 heavy (non-hydrogen) atoms. The fourth-order valence-corrected chi connectivity index (χ4v) is 3.46. The van der Waals surface area contributed by atoms with Crippen molar-refractivity contribution in [3.8, 4) is 0 Å². The Labute approximate surface area is 108 Å². The highest BCUT2D eigenvalue weighted by atomic mass is 32.1. The summed E-state index contributed by atoms with van der Waals surface area (Å²) in [6, 6.07) is 2.16. The lowest BCUT2D eigenvalue weighted by molar-refractivity contribution is 0.0970. The first-order chi connectivity index (χ1) is 7.96. The van der Waals surface area contributed by atoms with E-state index in [0.29, 0.717) is 12.2 Å². The van der Waals surface area contributed by atoms with Crippen LogP contribution in [0.2, 0.25) is 0 Å². The number of thiophene rings is 1. The van der Waals surface area contributed by atoms with Gasteiger partial charge in [-0.1, -0.05) is 20.8 Å². The van der Waals surface area contributed by atoms with Crippen molar-refractivity contribution >= 4 is 17.1 Å². The number of carbonyl (C=O) groups is 1. The van der Waals surface area contributed by atoms with Crippen molar-refractivity contribution in [3.63, 3.8) is 0 Å². The van der Waals surface area contributed by atoms with E-state index in [4.69, 9.17) is 0 Å². The van der Waals surface area contributed by atoms with Crippen LogP contribution in [0.25, 0.3) is 0 Å². The minimum atomic E-state index is 0.256. The lowest BCUT2D eigenvalue weighted by Crippen LogP contribution is -2.08. The standard InChI is InChI=1S/C15H22OS/c1-15(2,3)9-8-12(16)14-10-11-6-4-5-7-13(11)17-14/h10H,4-9H2,1-3H3. The highest BCUT2D eigenvalue weighted by Gasteiger charge is 2.19. The van der Waals surface area contributed by atoms with Crippen LogP contribution in [-0.2, 0) is 12.8 Å². The molecule has 0 N–H and O–H groups in total. The predicted octanol–water partition coefficient (Wildman–Crippen LogP) is 4.64. The zero-order valence-electron chi connectivity index (χ0n) is 11.1. The van der Waals surface area contributed by atoms with E-state index in [9.17, 15) is 4.79 Å². The molecule has 0 aromatic carbocycles. The molecule has 0 spiro atoms. The topological polar surface area (TPSA) is 17.1 Å². The zero-order chi connectivity index (χ0) is 12.5. The molecule has 0 atom stereocenters. The Morgan fingerprint density at radius 2 is 2.00 bits per heavy atom. The first-order valence-corrected chi connectivity index (χ1v) is 7.42. The van der Waals surface area contributed by atoms with E-state index in [1.807, 2.05) is 0 Å². The van der Waals surface area contributed by atoms with Crippen molar-refractivity contribution < 1.29 is 4.79 Å². The molecular weight excluding hydrogens is 228 g/mol. The van der Waals surface area contributed by atoms with Gasteiger partial charge in [0.2, 0.25) is 0 Å². The molecule has 1 aliphatic rings. The molecule has 1 heterocycles. The van der Waals surface area contributed by atoms with Crippen molar-refractivity contribution in [3.05, 3.63) is 21.4 Å². The van der Waals surface area contributed by atoms with Crippen LogP contribution in [-0.4, -0.2) is 5.78 Å². The van der Waals surface area contributed by atoms with E-state index in [1.54, 1.807) is 11.3 Å². The van der Waals surface area contributed by atoms with Crippen LogP contribution in [0, 0.1) is 5.41 Å². The number of ketones is 1. The third-order valence-corrected chi connectivity index (χ3v) is 4.65. The number of hydrogen-bond acceptors (Lipinski definition) is 2. The van der Waals surface area contributed by atoms with Gasteiger partial charge in [-0.3, -0.25) is 4.79 Å². The molecule has 0 aliphatic heterocycles. The van der Waals surface area contributed by atoms with Gasteiger partial charge in [0.1, 0.15) is 0 Å². The van der Waals surface area contributed by atoms with Crippen molar-refractivity contribution in [1.29, 1.82) is 0 Å². The van der Waals surface area contributed by atoms with Crippen LogP contribution < -0.4 is 0 Å². The van der Waals surface area contributed by atoms with Crippen LogP contribution in [0.3, 0.4) is 0 Å². The van der Waals surface area contributed by atoms with Gasteiger partial charge in [-0.2, -0.15) is 0 Å². The minimum absolute atomic E-state index is 0.256. The minimum Gasteiger partial charge on any atom is -0.293 e. The summed E-state index contributed by atoms with van der Waals surface area (Å²) in [5.74, 6) is 0.347. The Kier molecular flexibility index (Phi) is 3.72. The van der Waals surface area contributed by atoms with E-state index in [1.165, 1.54) is 36.1 Å². The second kappa shape index (κ2) is 4.93. The number of hydrogen-bond donors (Lipinski definition) is 0. The van der Waals surface area contributed by atoms with Crippen LogP contribution in [0.15, 0.2) is 6.07 Å². The van der Waals surface area contributed by atoms with Gasteiger partial charge in [0.15, 0.2) is 5.78 Å². The fraction of sp³-hybridized carbons (Fsp3) is 0.667. The van der Waals surface area contributed by atoms with Gasteiger partial charge in [0, 0.05) is 11.3 Å². The number of fused-ring (bicyclic) bond motifs is 1. The van der Waals surface area contributed by atoms with E-state index >= 15 is 0 Å². The molecule has 2 rings (SSSR count). The summed E-state index contributed by atoms with van der Waals surface area (Å²) < 4.78 is 0. The normalized spacial score (nSPS) is 15.7. The maximum absolute atomic E-state index is 12.1. The molecule has 0 amide bonds. The van der Waals surface area contributed by atoms with Gasteiger partial charge in [-0.05, 0) is 49.1 Å². The van der Waals surface area contributed by atoms with Crippen molar-refractivity contribution in [2.24, 2.45) is 5.41 Å². The number of carbonyl (C=O) groups excluding carboxylic acids is 1. The fourth-order valence-electron chi connectivity index (χ4n) is 2.24. The lowest BCUT2D eigenvalue weighted by Gasteiger charge is -2.16. The summed E-state index contributed by atoms with van der Waals surface area (Å²) in [5, 5.41) is 0. The van der Waals surface area contributed by atoms with Crippen molar-refractivity contribution in [2.75, 3.05) is 0 Å². The maximum atomic E-state index is 12.1. The van der Waals surface area contributed by atoms with Crippen LogP contribution in [0.1, 0.15) is 66.6 Å². The summed E-state index contributed by atoms with van der Waals surface area (Å²) in [5.41, 5.74) is 1.70. The van der Waals surface area contributed by atoms with E-state index in [2.05, 4.69) is 26.8 Å². The predicted molar refractivity (Wildman–Crippen MR) is 74.0 cm³/mol. The van der Waals surface area contributed by atoms with Crippen LogP contribution >= 0.6 is 11.3 Å². The Balaban J connectivity index is 2.02. The molecule has 1 aliphatic carbocycles. The lowest BCUT2D eigenvalue weighted by atomic mass is 9.89. The Morgan fingerprint density at radius 1 is 1.29 bits per heavy atom. The van der Waals surface area contributed by atoms with E-state index < -0.39 is 0 Å². The summed E-state index contributed by atoms with van der Waals surface area (Å²) in [4.78, 5) is 14.6. The zero-order valence-corrected chi connectivity index (χ0v) is 12.0. The first kappa shape index (κ1) is 12.8. The molecule has 0 unspecified atom stereocenters. The quantitative estimate of drug-likeness (QED) is 0.714. The average Bonchev–Trinajstić information content (AvgIpc) is 2.68. The molecule has 1 aromatic rings. The molecule has 0 bridgehead atoms. The largest absolute Gasteiger partial charge is 0.293 e. The Hall–Kier alpha value is -0.630. The molecule has 0 radical (unpaired) electrons. The molecule has 0 saturated carbocycles. The van der Waals surface area contributed by atoms with E-state index in [0.717, 1.165) is 11.3 Å². The van der Waals surface area contributed by atoms with Gasteiger partial charge in [0.25, 0.3) is 0 Å². The average molecular weight is 250 g/mol. The Bertz CT molecular complexity index is 386. The number of aryl methyl sites for hydroxylation is 2. The number of rotatable bonds is 3. The third kappa shape index (κ3) is 3.41. The molecular formula is C15H22OS. The van der Waals surface area contributed by atoms with Gasteiger partial charge in [-0.25, -0.2) is 0 Å². The van der Waals surface area contributed by atoms with Gasteiger partial charge >= 0.3 is 0 Å². The summed E-state index contributed by atoms with van der Waals surface area (Å²) in [7, 11) is 0. The molecule has 2 heteroatoms. The highest BCUT2D eigenvalue weighted by Crippen LogP contribution is 2.31. The molecule has 94 valence electrons. The number of Topliss-reactive ketones (excluding diaryl/α,β-unsaturated/α-hetero) is 1.